The molecular formula is C22H26ClN5O3. The predicted octanol–water partition coefficient (Wildman–Crippen LogP) is 4.35. The molecule has 0 amide bonds. The minimum absolute atomic E-state index is 0.0824. The van der Waals surface area contributed by atoms with Gasteiger partial charge in [0.25, 0.3) is 0 Å². The zero-order chi connectivity index (χ0) is 22.6. The van der Waals surface area contributed by atoms with Gasteiger partial charge in [0, 0.05) is 5.69 Å². The fourth-order valence-electron chi connectivity index (χ4n) is 2.52. The van der Waals surface area contributed by atoms with E-state index in [9.17, 15) is 9.90 Å². The Kier molecular flexibility index (Phi) is 9.54. The molecule has 0 saturated carbocycles. The van der Waals surface area contributed by atoms with Gasteiger partial charge in [-0.3, -0.25) is 0 Å². The average Bonchev–Trinajstić information content (AvgIpc) is 2.75. The lowest BCUT2D eigenvalue weighted by Crippen LogP contribution is -2.10. The molecule has 3 aromatic rings. The van der Waals surface area contributed by atoms with Crippen LogP contribution in [-0.2, 0) is 6.61 Å². The third-order valence-corrected chi connectivity index (χ3v) is 4.32. The van der Waals surface area contributed by atoms with E-state index in [1.165, 1.54) is 6.33 Å². The highest BCUT2D eigenvalue weighted by Gasteiger charge is 2.17. The van der Waals surface area contributed by atoms with E-state index >= 15 is 0 Å². The zero-order valence-electron chi connectivity index (χ0n) is 17.4. The number of nitrogen functional groups attached to an aromatic ring is 1. The van der Waals surface area contributed by atoms with Gasteiger partial charge in [-0.15, -0.1) is 0 Å². The van der Waals surface area contributed by atoms with Crippen LogP contribution in [0.5, 0.6) is 5.75 Å². The van der Waals surface area contributed by atoms with Crippen LogP contribution in [0.3, 0.4) is 0 Å². The molecule has 3 rings (SSSR count). The van der Waals surface area contributed by atoms with Crippen LogP contribution >= 0.6 is 11.6 Å². The Bertz CT molecular complexity index is 984. The van der Waals surface area contributed by atoms with Crippen LogP contribution in [0, 0.1) is 0 Å². The van der Waals surface area contributed by atoms with E-state index in [-0.39, 0.29) is 17.2 Å². The van der Waals surface area contributed by atoms with Gasteiger partial charge in [0.15, 0.2) is 5.82 Å². The number of rotatable bonds is 8. The third-order valence-electron chi connectivity index (χ3n) is 4.02. The summed E-state index contributed by atoms with van der Waals surface area (Å²) in [5.74, 6) is -0.746. The molecule has 0 fully saturated rings. The first kappa shape index (κ1) is 23.9. The highest BCUT2D eigenvalue weighted by atomic mass is 35.5. The predicted molar refractivity (Wildman–Crippen MR) is 123 cm³/mol. The number of aromatic nitrogens is 2. The molecule has 1 heterocycles. The van der Waals surface area contributed by atoms with Crippen molar-refractivity contribution in [1.29, 1.82) is 0 Å². The van der Waals surface area contributed by atoms with Gasteiger partial charge in [0.2, 0.25) is 0 Å². The van der Waals surface area contributed by atoms with Crippen molar-refractivity contribution in [3.05, 3.63) is 71.0 Å². The molecule has 2 aromatic carbocycles. The number of ether oxygens (including phenoxy) is 1. The summed E-state index contributed by atoms with van der Waals surface area (Å²) in [5, 5.41) is 15.6. The van der Waals surface area contributed by atoms with Crippen molar-refractivity contribution in [3.63, 3.8) is 0 Å². The second kappa shape index (κ2) is 12.4. The van der Waals surface area contributed by atoms with Crippen molar-refractivity contribution < 1.29 is 14.6 Å². The fourth-order valence-corrected chi connectivity index (χ4v) is 2.76. The number of hydrogen-bond donors (Lipinski definition) is 4. The molecule has 0 saturated heterocycles. The van der Waals surface area contributed by atoms with Gasteiger partial charge in [-0.05, 0) is 36.9 Å². The molecule has 0 aliphatic heterocycles. The minimum atomic E-state index is -1.22. The molecular weight excluding hydrogens is 418 g/mol. The summed E-state index contributed by atoms with van der Waals surface area (Å²) in [7, 11) is 0. The average molecular weight is 444 g/mol. The summed E-state index contributed by atoms with van der Waals surface area (Å²) < 4.78 is 5.71. The molecule has 164 valence electrons. The van der Waals surface area contributed by atoms with Crippen LogP contribution in [0.15, 0.2) is 54.9 Å². The molecule has 1 aromatic heterocycles. The normalized spacial score (nSPS) is 10.0. The van der Waals surface area contributed by atoms with Crippen LogP contribution in [0.25, 0.3) is 0 Å². The lowest BCUT2D eigenvalue weighted by atomic mass is 10.2. The fraction of sp³-hybridized carbons (Fsp3) is 0.227. The number of anilines is 3. The molecule has 0 atom stereocenters. The molecule has 0 radical (unpaired) electrons. The maximum absolute atomic E-state index is 11.3. The summed E-state index contributed by atoms with van der Waals surface area (Å²) in [6.07, 6.45) is 1.18. The topological polar surface area (TPSA) is 122 Å². The number of aromatic carboxylic acids is 1. The smallest absolute Gasteiger partial charge is 0.343 e. The van der Waals surface area contributed by atoms with Crippen LogP contribution in [0.1, 0.15) is 29.8 Å². The Morgan fingerprint density at radius 1 is 1.13 bits per heavy atom. The molecule has 0 spiro atoms. The summed E-state index contributed by atoms with van der Waals surface area (Å²) >= 11 is 6.26. The minimum Gasteiger partial charge on any atom is -0.487 e. The first-order valence-corrected chi connectivity index (χ1v) is 10.1. The lowest BCUT2D eigenvalue weighted by Gasteiger charge is -2.12. The van der Waals surface area contributed by atoms with Crippen molar-refractivity contribution in [2.75, 3.05) is 24.1 Å². The van der Waals surface area contributed by atoms with Crippen molar-refractivity contribution in [2.24, 2.45) is 0 Å². The highest BCUT2D eigenvalue weighted by Crippen LogP contribution is 2.30. The van der Waals surface area contributed by atoms with E-state index in [0.29, 0.717) is 23.1 Å². The van der Waals surface area contributed by atoms with Crippen molar-refractivity contribution in [3.8, 4) is 5.75 Å². The summed E-state index contributed by atoms with van der Waals surface area (Å²) in [4.78, 5) is 18.9. The van der Waals surface area contributed by atoms with Crippen molar-refractivity contribution in [1.82, 2.24) is 15.3 Å². The van der Waals surface area contributed by atoms with Gasteiger partial charge in [0.05, 0.1) is 5.02 Å². The van der Waals surface area contributed by atoms with E-state index in [4.69, 9.17) is 22.1 Å². The number of benzene rings is 2. The number of halogens is 1. The largest absolute Gasteiger partial charge is 0.487 e. The quantitative estimate of drug-likeness (QED) is 0.405. The number of hydrogen-bond acceptors (Lipinski definition) is 7. The van der Waals surface area contributed by atoms with Crippen LogP contribution in [0.2, 0.25) is 5.02 Å². The maximum Gasteiger partial charge on any atom is 0.343 e. The van der Waals surface area contributed by atoms with E-state index in [2.05, 4.69) is 34.4 Å². The monoisotopic (exact) mass is 443 g/mol. The molecule has 9 heteroatoms. The standard InChI is InChI=1S/C18H15ClN4O3.C4H11N/c19-13-8-12(23-17-15(18(24)25)16(20)21-10-22-17)6-7-14(13)26-9-11-4-2-1-3-5-11;1-3-5-4-2/h1-8,10H,9H2,(H,24,25)(H3,20,21,22,23);5H,3-4H2,1-2H3. The molecule has 8 nitrogen and oxygen atoms in total. The molecule has 5 N–H and O–H groups in total. The Morgan fingerprint density at radius 2 is 1.84 bits per heavy atom. The Labute approximate surface area is 186 Å². The summed E-state index contributed by atoms with van der Waals surface area (Å²) in [5.41, 5.74) is 6.97. The van der Waals surface area contributed by atoms with Gasteiger partial charge in [-0.2, -0.15) is 0 Å². The first-order valence-electron chi connectivity index (χ1n) is 9.74. The molecule has 0 aliphatic carbocycles. The summed E-state index contributed by atoms with van der Waals surface area (Å²) in [6.45, 7) is 6.78. The molecule has 31 heavy (non-hydrogen) atoms. The van der Waals surface area contributed by atoms with Crippen molar-refractivity contribution in [2.45, 2.75) is 20.5 Å². The highest BCUT2D eigenvalue weighted by molar-refractivity contribution is 6.32. The Morgan fingerprint density at radius 3 is 2.42 bits per heavy atom. The molecule has 0 bridgehead atoms. The lowest BCUT2D eigenvalue weighted by molar-refractivity contribution is 0.0698. The van der Waals surface area contributed by atoms with Crippen molar-refractivity contribution >= 4 is 34.9 Å². The van der Waals surface area contributed by atoms with Gasteiger partial charge in [-0.25, -0.2) is 14.8 Å². The van der Waals surface area contributed by atoms with Gasteiger partial charge in [0.1, 0.15) is 30.1 Å². The maximum atomic E-state index is 11.3. The second-order valence-corrected chi connectivity index (χ2v) is 6.70. The van der Waals surface area contributed by atoms with Gasteiger partial charge >= 0.3 is 5.97 Å². The summed E-state index contributed by atoms with van der Waals surface area (Å²) in [6, 6.07) is 14.7. The van der Waals surface area contributed by atoms with Gasteiger partial charge in [-0.1, -0.05) is 55.8 Å². The first-order chi connectivity index (χ1) is 15.0. The van der Waals surface area contributed by atoms with Gasteiger partial charge < -0.3 is 26.2 Å². The SMILES string of the molecule is CCNCC.Nc1ncnc(Nc2ccc(OCc3ccccc3)c(Cl)c2)c1C(=O)O. The number of nitrogens with one attached hydrogen (secondary N) is 2. The number of nitrogens with zero attached hydrogens (tertiary/aromatic N) is 2. The molecule has 0 unspecified atom stereocenters. The number of carboxylic acid groups (broad SMARTS) is 1. The van der Waals surface area contributed by atoms with Crippen LogP contribution in [0.4, 0.5) is 17.3 Å². The zero-order valence-corrected chi connectivity index (χ0v) is 18.2. The number of nitrogens with two attached hydrogens (primary N) is 1. The second-order valence-electron chi connectivity index (χ2n) is 6.29. The Balaban J connectivity index is 0.000000614. The van der Waals surface area contributed by atoms with Crippen LogP contribution < -0.4 is 21.1 Å². The van der Waals surface area contributed by atoms with E-state index in [1.807, 2.05) is 30.3 Å². The number of carbonyl (C=O) groups is 1. The number of carboxylic acids is 1. The molecule has 0 aliphatic rings. The van der Waals surface area contributed by atoms with Crippen LogP contribution in [-0.4, -0.2) is 34.1 Å². The van der Waals surface area contributed by atoms with E-state index in [1.54, 1.807) is 18.2 Å². The Hall–Kier alpha value is -3.36. The van der Waals surface area contributed by atoms with E-state index in [0.717, 1.165) is 18.7 Å². The third kappa shape index (κ3) is 7.44. The van der Waals surface area contributed by atoms with E-state index < -0.39 is 5.97 Å².